The average Bonchev–Trinajstić information content (AvgIpc) is 2.45. The number of benzene rings is 1. The number of rotatable bonds is 5. The van der Waals surface area contributed by atoms with Crippen molar-refractivity contribution < 1.29 is 8.42 Å². The first kappa shape index (κ1) is 16.3. The van der Waals surface area contributed by atoms with Gasteiger partial charge in [0.2, 0.25) is 0 Å². The fourth-order valence-electron chi connectivity index (χ4n) is 2.50. The zero-order valence-electron chi connectivity index (χ0n) is 13.2. The van der Waals surface area contributed by atoms with Gasteiger partial charge < -0.3 is 10.2 Å². The van der Waals surface area contributed by atoms with Crippen LogP contribution in [0, 0.1) is 0 Å². The molecule has 1 aliphatic heterocycles. The van der Waals surface area contributed by atoms with Gasteiger partial charge in [0.05, 0.1) is 4.75 Å². The van der Waals surface area contributed by atoms with Gasteiger partial charge in [0, 0.05) is 37.6 Å². The second-order valence-electron chi connectivity index (χ2n) is 6.51. The molecule has 118 valence electrons. The third kappa shape index (κ3) is 4.20. The highest BCUT2D eigenvalue weighted by atomic mass is 32.2. The summed E-state index contributed by atoms with van der Waals surface area (Å²) in [6, 6.07) is 10.8. The number of hydrogen-bond donors (Lipinski definition) is 1. The highest BCUT2D eigenvalue weighted by molar-refractivity contribution is 7.92. The van der Waals surface area contributed by atoms with Gasteiger partial charge in [0.15, 0.2) is 9.84 Å². The monoisotopic (exact) mass is 310 g/mol. The fourth-order valence-corrected chi connectivity index (χ4v) is 2.85. The molecule has 21 heavy (non-hydrogen) atoms. The van der Waals surface area contributed by atoms with Crippen LogP contribution in [0.5, 0.6) is 0 Å². The van der Waals surface area contributed by atoms with Gasteiger partial charge in [-0.2, -0.15) is 0 Å². The highest BCUT2D eigenvalue weighted by Gasteiger charge is 2.31. The lowest BCUT2D eigenvalue weighted by atomic mass is 10.0. The number of para-hydroxylation sites is 1. The summed E-state index contributed by atoms with van der Waals surface area (Å²) in [6.07, 6.45) is 3.41. The van der Waals surface area contributed by atoms with Crippen molar-refractivity contribution in [2.45, 2.75) is 37.5 Å². The lowest BCUT2D eigenvalue weighted by molar-refractivity contribution is 0.396. The topological polar surface area (TPSA) is 49.4 Å². The molecular formula is C16H26N2O2S. The minimum absolute atomic E-state index is 0.408. The molecule has 0 unspecified atom stereocenters. The first-order chi connectivity index (χ1) is 9.79. The summed E-state index contributed by atoms with van der Waals surface area (Å²) in [5.41, 5.74) is 1.27. The van der Waals surface area contributed by atoms with Gasteiger partial charge in [-0.15, -0.1) is 0 Å². The predicted molar refractivity (Wildman–Crippen MR) is 88.6 cm³/mol. The molecule has 0 aliphatic carbocycles. The Hall–Kier alpha value is -1.07. The largest absolute Gasteiger partial charge is 0.371 e. The Labute approximate surface area is 128 Å². The van der Waals surface area contributed by atoms with Crippen LogP contribution < -0.4 is 10.2 Å². The maximum atomic E-state index is 11.7. The lowest BCUT2D eigenvalue weighted by Crippen LogP contribution is -2.49. The summed E-state index contributed by atoms with van der Waals surface area (Å²) in [4.78, 5) is 2.39. The quantitative estimate of drug-likeness (QED) is 0.904. The van der Waals surface area contributed by atoms with Gasteiger partial charge in [0.25, 0.3) is 0 Å². The molecule has 1 aliphatic rings. The van der Waals surface area contributed by atoms with E-state index in [1.54, 1.807) is 13.8 Å². The van der Waals surface area contributed by atoms with Gasteiger partial charge in [0.1, 0.15) is 0 Å². The molecule has 0 bridgehead atoms. The van der Waals surface area contributed by atoms with Crippen LogP contribution >= 0.6 is 0 Å². The van der Waals surface area contributed by atoms with Crippen molar-refractivity contribution in [3.63, 3.8) is 0 Å². The summed E-state index contributed by atoms with van der Waals surface area (Å²) >= 11 is 0. The van der Waals surface area contributed by atoms with E-state index in [1.165, 1.54) is 11.9 Å². The van der Waals surface area contributed by atoms with Gasteiger partial charge in [-0.3, -0.25) is 0 Å². The molecular weight excluding hydrogens is 284 g/mol. The van der Waals surface area contributed by atoms with Crippen LogP contribution in [-0.2, 0) is 9.84 Å². The van der Waals surface area contributed by atoms with Gasteiger partial charge in [-0.1, -0.05) is 18.2 Å². The third-order valence-electron chi connectivity index (χ3n) is 4.44. The summed E-state index contributed by atoms with van der Waals surface area (Å²) in [5.74, 6) is 0. The van der Waals surface area contributed by atoms with Gasteiger partial charge in [-0.05, 0) is 38.8 Å². The Morgan fingerprint density at radius 1 is 1.19 bits per heavy atom. The number of nitrogens with one attached hydrogen (secondary N) is 1. The predicted octanol–water partition coefficient (Wildman–Crippen LogP) is 2.07. The Kier molecular flexibility index (Phi) is 4.94. The Morgan fingerprint density at radius 2 is 1.76 bits per heavy atom. The first-order valence-electron chi connectivity index (χ1n) is 7.52. The Bertz CT molecular complexity index is 547. The highest BCUT2D eigenvalue weighted by Crippen LogP contribution is 2.20. The molecule has 1 N–H and O–H groups in total. The lowest BCUT2D eigenvalue weighted by Gasteiger charge is -2.35. The van der Waals surface area contributed by atoms with Crippen molar-refractivity contribution in [1.29, 1.82) is 0 Å². The summed E-state index contributed by atoms with van der Waals surface area (Å²) in [6.45, 7) is 6.12. The SMILES string of the molecule is CC(C)(CNC1CCN(c2ccccc2)CC1)S(C)(=O)=O. The standard InChI is InChI=1S/C16H26N2O2S/c1-16(2,21(3,19)20)13-17-14-9-11-18(12-10-14)15-7-5-4-6-8-15/h4-8,14,17H,9-13H2,1-3H3. The number of sulfone groups is 1. The number of piperidine rings is 1. The average molecular weight is 310 g/mol. The summed E-state index contributed by atoms with van der Waals surface area (Å²) in [5, 5.41) is 3.43. The van der Waals surface area contributed by atoms with Gasteiger partial charge >= 0.3 is 0 Å². The maximum absolute atomic E-state index is 11.7. The molecule has 1 aromatic carbocycles. The smallest absolute Gasteiger partial charge is 0.153 e. The van der Waals surface area contributed by atoms with Crippen LogP contribution in [0.15, 0.2) is 30.3 Å². The van der Waals surface area contributed by atoms with E-state index in [0.29, 0.717) is 12.6 Å². The molecule has 4 nitrogen and oxygen atoms in total. The zero-order chi connectivity index (χ0) is 15.5. The molecule has 1 heterocycles. The minimum atomic E-state index is -3.03. The molecule has 0 aromatic heterocycles. The van der Waals surface area contributed by atoms with Crippen LogP contribution in [-0.4, -0.2) is 45.1 Å². The maximum Gasteiger partial charge on any atom is 0.153 e. The summed E-state index contributed by atoms with van der Waals surface area (Å²) in [7, 11) is -3.03. The van der Waals surface area contributed by atoms with Crippen LogP contribution in [0.4, 0.5) is 5.69 Å². The van der Waals surface area contributed by atoms with Crippen molar-refractivity contribution in [2.75, 3.05) is 30.8 Å². The van der Waals surface area contributed by atoms with E-state index in [-0.39, 0.29) is 0 Å². The van der Waals surface area contributed by atoms with E-state index in [9.17, 15) is 8.42 Å². The Morgan fingerprint density at radius 3 is 2.29 bits per heavy atom. The number of nitrogens with zero attached hydrogens (tertiary/aromatic N) is 1. The van der Waals surface area contributed by atoms with Crippen molar-refractivity contribution in [2.24, 2.45) is 0 Å². The van der Waals surface area contributed by atoms with E-state index >= 15 is 0 Å². The zero-order valence-corrected chi connectivity index (χ0v) is 14.0. The van der Waals surface area contributed by atoms with E-state index < -0.39 is 14.6 Å². The third-order valence-corrected chi connectivity index (χ3v) is 6.59. The van der Waals surface area contributed by atoms with Crippen LogP contribution in [0.1, 0.15) is 26.7 Å². The van der Waals surface area contributed by atoms with Crippen molar-refractivity contribution in [3.8, 4) is 0 Å². The molecule has 0 amide bonds. The normalized spacial score (nSPS) is 18.0. The minimum Gasteiger partial charge on any atom is -0.371 e. The Balaban J connectivity index is 1.83. The number of anilines is 1. The molecule has 1 saturated heterocycles. The van der Waals surface area contributed by atoms with Crippen molar-refractivity contribution in [3.05, 3.63) is 30.3 Å². The summed E-state index contributed by atoms with van der Waals surface area (Å²) < 4.78 is 22.7. The molecule has 0 atom stereocenters. The second kappa shape index (κ2) is 6.36. The second-order valence-corrected chi connectivity index (χ2v) is 9.16. The molecule has 5 heteroatoms. The van der Waals surface area contributed by atoms with Crippen LogP contribution in [0.3, 0.4) is 0 Å². The first-order valence-corrected chi connectivity index (χ1v) is 9.42. The van der Waals surface area contributed by atoms with Crippen molar-refractivity contribution in [1.82, 2.24) is 5.32 Å². The van der Waals surface area contributed by atoms with Crippen molar-refractivity contribution >= 4 is 15.5 Å². The van der Waals surface area contributed by atoms with E-state index in [0.717, 1.165) is 25.9 Å². The van der Waals surface area contributed by atoms with E-state index in [1.807, 2.05) is 6.07 Å². The molecule has 1 aromatic rings. The molecule has 2 rings (SSSR count). The molecule has 0 saturated carbocycles. The van der Waals surface area contributed by atoms with E-state index in [2.05, 4.69) is 34.5 Å². The molecule has 0 spiro atoms. The van der Waals surface area contributed by atoms with Crippen LogP contribution in [0.25, 0.3) is 0 Å². The van der Waals surface area contributed by atoms with Crippen LogP contribution in [0.2, 0.25) is 0 Å². The fraction of sp³-hybridized carbons (Fsp3) is 0.625. The molecule has 0 radical (unpaired) electrons. The van der Waals surface area contributed by atoms with Gasteiger partial charge in [-0.25, -0.2) is 8.42 Å². The number of hydrogen-bond acceptors (Lipinski definition) is 4. The molecule has 1 fully saturated rings. The van der Waals surface area contributed by atoms with E-state index in [4.69, 9.17) is 0 Å².